The fraction of sp³-hybridized carbons (Fsp3) is 0.190. The van der Waals surface area contributed by atoms with Gasteiger partial charge < -0.3 is 9.47 Å². The predicted molar refractivity (Wildman–Crippen MR) is 118 cm³/mol. The zero-order valence-corrected chi connectivity index (χ0v) is 17.8. The lowest BCUT2D eigenvalue weighted by Gasteiger charge is -2.12. The summed E-state index contributed by atoms with van der Waals surface area (Å²) in [5.74, 6) is 0.614. The lowest BCUT2D eigenvalue weighted by atomic mass is 10.2. The number of nitrogens with zero attached hydrogens (tertiary/aromatic N) is 2. The summed E-state index contributed by atoms with van der Waals surface area (Å²) in [7, 11) is 1.52. The summed E-state index contributed by atoms with van der Waals surface area (Å²) in [6, 6.07) is 12.6. The molecule has 11 heteroatoms. The number of ether oxygens (including phenoxy) is 2. The molecule has 2 aromatic carbocycles. The molecule has 0 atom stereocenters. The fourth-order valence-electron chi connectivity index (χ4n) is 2.66. The van der Waals surface area contributed by atoms with Crippen molar-refractivity contribution >= 4 is 23.7 Å². The molecular weight excluding hydrogens is 438 g/mol. The van der Waals surface area contributed by atoms with Crippen molar-refractivity contribution in [2.45, 2.75) is 19.4 Å². The molecule has 0 aliphatic rings. The Morgan fingerprint density at radius 3 is 2.78 bits per heavy atom. The van der Waals surface area contributed by atoms with Gasteiger partial charge in [-0.1, -0.05) is 29.8 Å². The lowest BCUT2D eigenvalue weighted by molar-refractivity contribution is -0.121. The van der Waals surface area contributed by atoms with E-state index in [1.54, 1.807) is 24.3 Å². The van der Waals surface area contributed by atoms with Gasteiger partial charge in [0, 0.05) is 23.4 Å². The van der Waals surface area contributed by atoms with E-state index in [1.165, 1.54) is 13.3 Å². The van der Waals surface area contributed by atoms with Gasteiger partial charge in [0.25, 0.3) is 5.56 Å². The number of hydrogen-bond donors (Lipinski definition) is 3. The maximum Gasteiger partial charge on any atom is 0.342 e. The number of aryl methyl sites for hydroxylation is 1. The second kappa shape index (κ2) is 10.9. The largest absolute Gasteiger partial charge is 0.493 e. The number of nitrogens with one attached hydrogen (secondary N) is 3. The van der Waals surface area contributed by atoms with E-state index in [4.69, 9.17) is 21.1 Å². The van der Waals surface area contributed by atoms with Crippen LogP contribution in [0.3, 0.4) is 0 Å². The molecule has 0 saturated carbocycles. The van der Waals surface area contributed by atoms with Crippen LogP contribution in [-0.2, 0) is 17.8 Å². The first-order valence-corrected chi connectivity index (χ1v) is 9.88. The average Bonchev–Trinajstić information content (AvgIpc) is 2.78. The van der Waals surface area contributed by atoms with Gasteiger partial charge in [0.2, 0.25) is 5.91 Å². The summed E-state index contributed by atoms with van der Waals surface area (Å²) >= 11 is 6.15. The monoisotopic (exact) mass is 457 g/mol. The SMILES string of the molecule is COc1cc(/C=N\NC(=O)CCc2n[nH]c(=O)[nH]c2=O)ccc1OCc1ccccc1Cl. The van der Waals surface area contributed by atoms with E-state index < -0.39 is 17.2 Å². The van der Waals surface area contributed by atoms with Crippen molar-refractivity contribution in [1.29, 1.82) is 0 Å². The van der Waals surface area contributed by atoms with Gasteiger partial charge in [-0.2, -0.15) is 10.2 Å². The maximum absolute atomic E-state index is 11.9. The van der Waals surface area contributed by atoms with E-state index in [2.05, 4.69) is 20.7 Å². The molecule has 3 rings (SSSR count). The van der Waals surface area contributed by atoms with Crippen LogP contribution in [0.1, 0.15) is 23.2 Å². The number of rotatable bonds is 9. The third-order valence-electron chi connectivity index (χ3n) is 4.30. The minimum Gasteiger partial charge on any atom is -0.493 e. The smallest absolute Gasteiger partial charge is 0.342 e. The number of H-pyrrole nitrogens is 2. The number of carbonyl (C=O) groups is 1. The van der Waals surface area contributed by atoms with E-state index in [1.807, 2.05) is 23.2 Å². The molecule has 32 heavy (non-hydrogen) atoms. The van der Waals surface area contributed by atoms with Crippen LogP contribution in [0.2, 0.25) is 5.02 Å². The van der Waals surface area contributed by atoms with Gasteiger partial charge in [0.05, 0.1) is 13.3 Å². The average molecular weight is 458 g/mol. The highest BCUT2D eigenvalue weighted by atomic mass is 35.5. The number of aromatic amines is 2. The molecule has 0 unspecified atom stereocenters. The molecule has 166 valence electrons. The Kier molecular flexibility index (Phi) is 7.76. The van der Waals surface area contributed by atoms with Crippen LogP contribution in [0.25, 0.3) is 0 Å². The van der Waals surface area contributed by atoms with Crippen LogP contribution in [0.15, 0.2) is 57.2 Å². The summed E-state index contributed by atoms with van der Waals surface area (Å²) in [5.41, 5.74) is 2.61. The van der Waals surface area contributed by atoms with E-state index in [0.717, 1.165) is 5.56 Å². The number of benzene rings is 2. The van der Waals surface area contributed by atoms with E-state index in [-0.39, 0.29) is 25.1 Å². The van der Waals surface area contributed by atoms with Gasteiger partial charge in [-0.05, 0) is 29.8 Å². The molecule has 0 spiro atoms. The van der Waals surface area contributed by atoms with Crippen molar-refractivity contribution < 1.29 is 14.3 Å². The summed E-state index contributed by atoms with van der Waals surface area (Å²) in [5, 5.41) is 10.2. The van der Waals surface area contributed by atoms with Crippen molar-refractivity contribution in [3.05, 3.63) is 85.1 Å². The van der Waals surface area contributed by atoms with Gasteiger partial charge in [-0.15, -0.1) is 0 Å². The molecule has 10 nitrogen and oxygen atoms in total. The van der Waals surface area contributed by atoms with Crippen LogP contribution in [0.4, 0.5) is 0 Å². The Balaban J connectivity index is 1.54. The molecule has 0 radical (unpaired) electrons. The zero-order chi connectivity index (χ0) is 22.9. The van der Waals surface area contributed by atoms with Crippen LogP contribution in [-0.4, -0.2) is 34.4 Å². The highest BCUT2D eigenvalue weighted by molar-refractivity contribution is 6.31. The van der Waals surface area contributed by atoms with Crippen molar-refractivity contribution in [3.63, 3.8) is 0 Å². The number of hydrogen-bond acceptors (Lipinski definition) is 7. The Morgan fingerprint density at radius 1 is 1.22 bits per heavy atom. The molecule has 0 fully saturated rings. The molecule has 0 saturated heterocycles. The Bertz CT molecular complexity index is 1240. The highest BCUT2D eigenvalue weighted by Crippen LogP contribution is 2.29. The normalized spacial score (nSPS) is 10.8. The molecule has 1 amide bonds. The van der Waals surface area contributed by atoms with Crippen molar-refractivity contribution in [2.24, 2.45) is 5.10 Å². The Morgan fingerprint density at radius 2 is 2.03 bits per heavy atom. The quantitative estimate of drug-likeness (QED) is 0.330. The fourth-order valence-corrected chi connectivity index (χ4v) is 2.85. The molecule has 1 aromatic heterocycles. The van der Waals surface area contributed by atoms with Crippen LogP contribution < -0.4 is 26.1 Å². The topological polar surface area (TPSA) is 139 Å². The predicted octanol–water partition coefficient (Wildman–Crippen LogP) is 1.78. The third-order valence-corrected chi connectivity index (χ3v) is 4.67. The number of amides is 1. The van der Waals surface area contributed by atoms with Gasteiger partial charge in [0.1, 0.15) is 12.3 Å². The molecule has 3 aromatic rings. The Hall–Kier alpha value is -3.92. The summed E-state index contributed by atoms with van der Waals surface area (Å²) < 4.78 is 11.2. The second-order valence-electron chi connectivity index (χ2n) is 6.54. The first kappa shape index (κ1) is 22.8. The van der Waals surface area contributed by atoms with Crippen LogP contribution in [0, 0.1) is 0 Å². The highest BCUT2D eigenvalue weighted by Gasteiger charge is 2.08. The Labute approximate surface area is 187 Å². The van der Waals surface area contributed by atoms with E-state index in [0.29, 0.717) is 22.1 Å². The van der Waals surface area contributed by atoms with Gasteiger partial charge >= 0.3 is 5.69 Å². The van der Waals surface area contributed by atoms with E-state index >= 15 is 0 Å². The first-order valence-electron chi connectivity index (χ1n) is 9.50. The minimum absolute atomic E-state index is 0.0302. The molecule has 0 aliphatic carbocycles. The van der Waals surface area contributed by atoms with Crippen molar-refractivity contribution in [3.8, 4) is 11.5 Å². The maximum atomic E-state index is 11.9. The standard InChI is InChI=1S/C21H20ClN5O5/c1-31-18-10-13(6-8-17(18)32-12-14-4-2-3-5-15(14)22)11-23-26-19(28)9-7-16-20(29)24-21(30)27-25-16/h2-6,8,10-11H,7,9,12H2,1H3,(H,26,28)(H2,24,27,29,30)/b23-11-. The second-order valence-corrected chi connectivity index (χ2v) is 6.94. The molecule has 0 bridgehead atoms. The van der Waals surface area contributed by atoms with Gasteiger partial charge in [-0.25, -0.2) is 15.3 Å². The number of methoxy groups -OCH3 is 1. The molecule has 1 heterocycles. The number of carbonyl (C=O) groups excluding carboxylic acids is 1. The lowest BCUT2D eigenvalue weighted by Crippen LogP contribution is -2.28. The third kappa shape index (κ3) is 6.29. The number of hydrazone groups is 1. The summed E-state index contributed by atoms with van der Waals surface area (Å²) in [6.07, 6.45) is 1.47. The molecule has 3 N–H and O–H groups in total. The van der Waals surface area contributed by atoms with E-state index in [9.17, 15) is 14.4 Å². The summed E-state index contributed by atoms with van der Waals surface area (Å²) in [4.78, 5) is 36.5. The van der Waals surface area contributed by atoms with Gasteiger partial charge in [0.15, 0.2) is 11.5 Å². The molecular formula is C21H20ClN5O5. The zero-order valence-electron chi connectivity index (χ0n) is 17.1. The van der Waals surface area contributed by atoms with Crippen molar-refractivity contribution in [1.82, 2.24) is 20.6 Å². The van der Waals surface area contributed by atoms with Crippen LogP contribution in [0.5, 0.6) is 11.5 Å². The van der Waals surface area contributed by atoms with Gasteiger partial charge in [-0.3, -0.25) is 14.6 Å². The summed E-state index contributed by atoms with van der Waals surface area (Å²) in [6.45, 7) is 0.284. The number of halogens is 1. The molecule has 0 aliphatic heterocycles. The minimum atomic E-state index is -0.705. The first-order chi connectivity index (χ1) is 15.5. The van der Waals surface area contributed by atoms with Crippen LogP contribution >= 0.6 is 11.6 Å². The number of aromatic nitrogens is 3. The van der Waals surface area contributed by atoms with Crippen molar-refractivity contribution in [2.75, 3.05) is 7.11 Å².